The van der Waals surface area contributed by atoms with Gasteiger partial charge in [-0.3, -0.25) is 0 Å². The molecule has 0 N–H and O–H groups in total. The highest BCUT2D eigenvalue weighted by atomic mass is 19.1. The zero-order valence-electron chi connectivity index (χ0n) is 7.37. The van der Waals surface area contributed by atoms with Gasteiger partial charge in [-0.05, 0) is 17.7 Å². The average molecular weight is 182 g/mol. The summed E-state index contributed by atoms with van der Waals surface area (Å²) >= 11 is 0. The zero-order valence-corrected chi connectivity index (χ0v) is 7.37. The van der Waals surface area contributed by atoms with Crippen molar-refractivity contribution in [2.75, 3.05) is 13.8 Å². The van der Waals surface area contributed by atoms with Crippen molar-refractivity contribution < 1.29 is 13.9 Å². The Labute approximate surface area is 76.3 Å². The number of carbonyl (C=O) groups excluding carboxylic acids is 1. The zero-order chi connectivity index (χ0) is 9.68. The standard InChI is InChI=1S/C10H11FO2/c1-13-10-4-2-3-8(5-10)9(6-11)7-12/h2-5,7,9H,6H2,1H3. The number of alkyl halides is 1. The fraction of sp³-hybridized carbons (Fsp3) is 0.300. The summed E-state index contributed by atoms with van der Waals surface area (Å²) in [6.45, 7) is -0.670. The lowest BCUT2D eigenvalue weighted by atomic mass is 10.0. The van der Waals surface area contributed by atoms with Crippen LogP contribution in [0.25, 0.3) is 0 Å². The first kappa shape index (κ1) is 9.71. The van der Waals surface area contributed by atoms with Crippen LogP contribution in [-0.4, -0.2) is 20.1 Å². The molecule has 0 aromatic heterocycles. The van der Waals surface area contributed by atoms with Crippen molar-refractivity contribution in [1.82, 2.24) is 0 Å². The summed E-state index contributed by atoms with van der Waals surface area (Å²) in [4.78, 5) is 10.5. The Morgan fingerprint density at radius 1 is 1.62 bits per heavy atom. The Morgan fingerprint density at radius 3 is 2.92 bits per heavy atom. The molecule has 1 rings (SSSR count). The number of halogens is 1. The van der Waals surface area contributed by atoms with Crippen molar-refractivity contribution in [3.8, 4) is 5.75 Å². The van der Waals surface area contributed by atoms with Gasteiger partial charge in [-0.2, -0.15) is 0 Å². The average Bonchev–Trinajstić information content (AvgIpc) is 2.20. The van der Waals surface area contributed by atoms with Crippen LogP contribution in [0.1, 0.15) is 11.5 Å². The number of aldehydes is 1. The normalized spacial score (nSPS) is 12.2. The monoisotopic (exact) mass is 182 g/mol. The molecule has 1 unspecified atom stereocenters. The minimum atomic E-state index is -0.671. The number of hydrogen-bond acceptors (Lipinski definition) is 2. The third-order valence-corrected chi connectivity index (χ3v) is 1.85. The number of ether oxygens (including phenoxy) is 1. The number of carbonyl (C=O) groups is 1. The highest BCUT2D eigenvalue weighted by molar-refractivity contribution is 5.62. The van der Waals surface area contributed by atoms with E-state index in [1.54, 1.807) is 24.3 Å². The van der Waals surface area contributed by atoms with Crippen molar-refractivity contribution >= 4 is 6.29 Å². The van der Waals surface area contributed by atoms with Gasteiger partial charge < -0.3 is 9.53 Å². The van der Waals surface area contributed by atoms with E-state index in [0.29, 0.717) is 17.6 Å². The van der Waals surface area contributed by atoms with Crippen molar-refractivity contribution in [3.63, 3.8) is 0 Å². The number of benzene rings is 1. The van der Waals surface area contributed by atoms with Gasteiger partial charge in [-0.1, -0.05) is 12.1 Å². The van der Waals surface area contributed by atoms with Crippen molar-refractivity contribution in [2.45, 2.75) is 5.92 Å². The van der Waals surface area contributed by atoms with E-state index in [2.05, 4.69) is 0 Å². The fourth-order valence-electron chi connectivity index (χ4n) is 1.08. The first-order chi connectivity index (χ1) is 6.31. The molecule has 1 aromatic rings. The van der Waals surface area contributed by atoms with Crippen molar-refractivity contribution in [2.24, 2.45) is 0 Å². The third kappa shape index (κ3) is 2.28. The van der Waals surface area contributed by atoms with Gasteiger partial charge in [0, 0.05) is 0 Å². The van der Waals surface area contributed by atoms with E-state index in [1.165, 1.54) is 7.11 Å². The van der Waals surface area contributed by atoms with Crippen LogP contribution in [0.2, 0.25) is 0 Å². The van der Waals surface area contributed by atoms with E-state index < -0.39 is 12.6 Å². The van der Waals surface area contributed by atoms with Crippen molar-refractivity contribution in [3.05, 3.63) is 29.8 Å². The maximum Gasteiger partial charge on any atom is 0.130 e. The molecule has 0 saturated heterocycles. The van der Waals surface area contributed by atoms with Gasteiger partial charge in [-0.25, -0.2) is 4.39 Å². The van der Waals surface area contributed by atoms with Crippen LogP contribution in [0.3, 0.4) is 0 Å². The lowest BCUT2D eigenvalue weighted by molar-refractivity contribution is -0.109. The smallest absolute Gasteiger partial charge is 0.130 e. The number of hydrogen-bond donors (Lipinski definition) is 0. The summed E-state index contributed by atoms with van der Waals surface area (Å²) in [5, 5.41) is 0. The predicted molar refractivity (Wildman–Crippen MR) is 47.8 cm³/mol. The van der Waals surface area contributed by atoms with Gasteiger partial charge >= 0.3 is 0 Å². The number of methoxy groups -OCH3 is 1. The molecule has 0 amide bonds. The third-order valence-electron chi connectivity index (χ3n) is 1.85. The van der Waals surface area contributed by atoms with Crippen LogP contribution in [0.5, 0.6) is 5.75 Å². The van der Waals surface area contributed by atoms with E-state index in [4.69, 9.17) is 4.74 Å². The molecule has 0 aliphatic carbocycles. The number of rotatable bonds is 4. The molecule has 0 aliphatic heterocycles. The second-order valence-corrected chi connectivity index (χ2v) is 2.67. The van der Waals surface area contributed by atoms with Crippen LogP contribution in [-0.2, 0) is 4.79 Å². The minimum Gasteiger partial charge on any atom is -0.497 e. The van der Waals surface area contributed by atoms with Crippen LogP contribution >= 0.6 is 0 Å². The summed E-state index contributed by atoms with van der Waals surface area (Å²) < 4.78 is 17.3. The molecule has 0 radical (unpaired) electrons. The molecule has 0 bridgehead atoms. The van der Waals surface area contributed by atoms with Crippen LogP contribution < -0.4 is 4.74 Å². The molecule has 3 heteroatoms. The molecular weight excluding hydrogens is 171 g/mol. The second-order valence-electron chi connectivity index (χ2n) is 2.67. The minimum absolute atomic E-state index is 0.606. The van der Waals surface area contributed by atoms with Crippen molar-refractivity contribution in [1.29, 1.82) is 0 Å². The van der Waals surface area contributed by atoms with Gasteiger partial charge in [0.1, 0.15) is 18.7 Å². The molecule has 0 aliphatic rings. The highest BCUT2D eigenvalue weighted by Crippen LogP contribution is 2.19. The topological polar surface area (TPSA) is 26.3 Å². The van der Waals surface area contributed by atoms with Gasteiger partial charge in [-0.15, -0.1) is 0 Å². The summed E-state index contributed by atoms with van der Waals surface area (Å²) in [6.07, 6.45) is 0.606. The van der Waals surface area contributed by atoms with Gasteiger partial charge in [0.15, 0.2) is 0 Å². The Bertz CT molecular complexity index is 286. The summed E-state index contributed by atoms with van der Waals surface area (Å²) in [5.74, 6) is -0.0344. The Morgan fingerprint density at radius 2 is 2.38 bits per heavy atom. The molecule has 0 spiro atoms. The SMILES string of the molecule is COc1cccc(C(C=O)CF)c1. The Hall–Kier alpha value is -1.38. The molecule has 2 nitrogen and oxygen atoms in total. The predicted octanol–water partition coefficient (Wildman–Crippen LogP) is 1.95. The van der Waals surface area contributed by atoms with Crippen LogP contribution in [0.15, 0.2) is 24.3 Å². The second kappa shape index (κ2) is 4.60. The van der Waals surface area contributed by atoms with Gasteiger partial charge in [0.2, 0.25) is 0 Å². The van der Waals surface area contributed by atoms with E-state index in [1.807, 2.05) is 0 Å². The first-order valence-corrected chi connectivity index (χ1v) is 3.97. The maximum absolute atomic E-state index is 12.3. The Kier molecular flexibility index (Phi) is 3.43. The molecule has 0 heterocycles. The summed E-state index contributed by atoms with van der Waals surface area (Å²) in [6, 6.07) is 6.86. The Balaban J connectivity index is 2.92. The van der Waals surface area contributed by atoms with Crippen LogP contribution in [0.4, 0.5) is 4.39 Å². The molecule has 0 fully saturated rings. The quantitative estimate of drug-likeness (QED) is 0.665. The largest absolute Gasteiger partial charge is 0.497 e. The molecule has 70 valence electrons. The lowest BCUT2D eigenvalue weighted by Crippen LogP contribution is -2.02. The first-order valence-electron chi connectivity index (χ1n) is 3.97. The molecule has 1 atom stereocenters. The van der Waals surface area contributed by atoms with E-state index >= 15 is 0 Å². The summed E-state index contributed by atoms with van der Waals surface area (Å²) in [5.41, 5.74) is 0.650. The summed E-state index contributed by atoms with van der Waals surface area (Å²) in [7, 11) is 1.53. The molecule has 1 aromatic carbocycles. The van der Waals surface area contributed by atoms with E-state index in [-0.39, 0.29) is 0 Å². The van der Waals surface area contributed by atoms with Gasteiger partial charge in [0.05, 0.1) is 13.0 Å². The van der Waals surface area contributed by atoms with Crippen LogP contribution in [0, 0.1) is 0 Å². The lowest BCUT2D eigenvalue weighted by Gasteiger charge is -2.07. The highest BCUT2D eigenvalue weighted by Gasteiger charge is 2.09. The molecule has 0 saturated carbocycles. The molecular formula is C10H11FO2. The van der Waals surface area contributed by atoms with Gasteiger partial charge in [0.25, 0.3) is 0 Å². The maximum atomic E-state index is 12.3. The van der Waals surface area contributed by atoms with E-state index in [0.717, 1.165) is 0 Å². The molecule has 13 heavy (non-hydrogen) atoms. The van der Waals surface area contributed by atoms with E-state index in [9.17, 15) is 9.18 Å². The fourth-order valence-corrected chi connectivity index (χ4v) is 1.08.